The molecule has 0 radical (unpaired) electrons. The van der Waals surface area contributed by atoms with Gasteiger partial charge in [-0.25, -0.2) is 9.78 Å². The third-order valence-electron chi connectivity index (χ3n) is 6.73. The third-order valence-corrected chi connectivity index (χ3v) is 6.73. The fraction of sp³-hybridized carbons (Fsp3) is 0.308. The molecule has 0 unspecified atom stereocenters. The summed E-state index contributed by atoms with van der Waals surface area (Å²) >= 11 is 0. The van der Waals surface area contributed by atoms with E-state index < -0.39 is 5.97 Å². The van der Waals surface area contributed by atoms with Crippen molar-refractivity contribution in [2.75, 3.05) is 36.5 Å². The number of benzene rings is 2. The number of nitrogens with zero attached hydrogens (tertiary/aromatic N) is 5. The Morgan fingerprint density at radius 2 is 1.83 bits per heavy atom. The number of hydrogen-bond donors (Lipinski definition) is 2. The van der Waals surface area contributed by atoms with Crippen molar-refractivity contribution >= 4 is 34.3 Å². The number of hydrogen-bond acceptors (Lipinski definition) is 7. The van der Waals surface area contributed by atoms with Crippen molar-refractivity contribution in [3.05, 3.63) is 60.3 Å². The Hall–Kier alpha value is -3.98. The largest absolute Gasteiger partial charge is 0.478 e. The van der Waals surface area contributed by atoms with Crippen molar-refractivity contribution in [1.29, 1.82) is 0 Å². The minimum absolute atomic E-state index is 0.240. The third kappa shape index (κ3) is 4.30. The SMILES string of the molecule is O=C(O)c1ccc(Nc2cc(-c3ccc4cnn(C5CCC5)c4c3)nc(N3CCOCC3)n2)cc1. The van der Waals surface area contributed by atoms with Crippen LogP contribution >= 0.6 is 0 Å². The molecule has 9 heteroatoms. The zero-order valence-electron chi connectivity index (χ0n) is 19.2. The molecular weight excluding hydrogens is 444 g/mol. The number of morpholine rings is 1. The molecule has 2 aliphatic rings. The lowest BCUT2D eigenvalue weighted by Crippen LogP contribution is -2.37. The molecule has 0 spiro atoms. The van der Waals surface area contributed by atoms with Crippen LogP contribution in [0.15, 0.2) is 54.7 Å². The summed E-state index contributed by atoms with van der Waals surface area (Å²) in [5.41, 5.74) is 3.93. The molecule has 1 aliphatic carbocycles. The summed E-state index contributed by atoms with van der Waals surface area (Å²) in [5, 5.41) is 18.3. The standard InChI is InChI=1S/C26H26N6O3/c33-25(34)17-6-8-20(9-7-17)28-24-15-22(29-26(30-24)31-10-12-35-13-11-31)18-4-5-19-16-27-32(23(19)14-18)21-2-1-3-21/h4-9,14-16,21H,1-3,10-13H2,(H,33,34)(H,28,29,30). The average Bonchev–Trinajstić information content (AvgIpc) is 3.26. The number of fused-ring (bicyclic) bond motifs is 1. The van der Waals surface area contributed by atoms with Crippen LogP contribution < -0.4 is 10.2 Å². The predicted octanol–water partition coefficient (Wildman–Crippen LogP) is 4.50. The molecule has 2 fully saturated rings. The summed E-state index contributed by atoms with van der Waals surface area (Å²) in [4.78, 5) is 23.0. The first-order valence-corrected chi connectivity index (χ1v) is 11.9. The maximum atomic E-state index is 11.2. The van der Waals surface area contributed by atoms with Gasteiger partial charge in [0.2, 0.25) is 5.95 Å². The number of aromatic nitrogens is 4. The number of rotatable bonds is 6. The Kier molecular flexibility index (Phi) is 5.54. The molecule has 1 aliphatic heterocycles. The Bertz CT molecular complexity index is 1370. The highest BCUT2D eigenvalue weighted by Crippen LogP contribution is 2.35. The highest BCUT2D eigenvalue weighted by atomic mass is 16.5. The number of carbonyl (C=O) groups is 1. The number of ether oxygens (including phenoxy) is 1. The fourth-order valence-electron chi connectivity index (χ4n) is 4.51. The molecule has 0 amide bonds. The number of aromatic carboxylic acids is 1. The Morgan fingerprint density at radius 1 is 1.03 bits per heavy atom. The zero-order chi connectivity index (χ0) is 23.8. The van der Waals surface area contributed by atoms with E-state index in [0.717, 1.165) is 40.9 Å². The lowest BCUT2D eigenvalue weighted by Gasteiger charge is -2.27. The van der Waals surface area contributed by atoms with Crippen molar-refractivity contribution in [1.82, 2.24) is 19.7 Å². The molecular formula is C26H26N6O3. The summed E-state index contributed by atoms with van der Waals surface area (Å²) in [6.45, 7) is 2.73. The van der Waals surface area contributed by atoms with E-state index in [9.17, 15) is 9.90 Å². The van der Waals surface area contributed by atoms with Crippen LogP contribution in [0, 0.1) is 0 Å². The summed E-state index contributed by atoms with van der Waals surface area (Å²) in [6, 6.07) is 15.4. The van der Waals surface area contributed by atoms with Gasteiger partial charge >= 0.3 is 5.97 Å². The van der Waals surface area contributed by atoms with Crippen molar-refractivity contribution in [3.63, 3.8) is 0 Å². The van der Waals surface area contributed by atoms with Gasteiger partial charge in [0.05, 0.1) is 42.2 Å². The van der Waals surface area contributed by atoms with Crippen LogP contribution in [0.1, 0.15) is 35.7 Å². The van der Waals surface area contributed by atoms with Crippen molar-refractivity contribution in [2.24, 2.45) is 0 Å². The molecule has 35 heavy (non-hydrogen) atoms. The normalized spacial score (nSPS) is 16.3. The van der Waals surface area contributed by atoms with Gasteiger partial charge in [-0.3, -0.25) is 4.68 Å². The van der Waals surface area contributed by atoms with Crippen LogP contribution in [0.5, 0.6) is 0 Å². The van der Waals surface area contributed by atoms with E-state index >= 15 is 0 Å². The fourth-order valence-corrected chi connectivity index (χ4v) is 4.51. The van der Waals surface area contributed by atoms with E-state index in [4.69, 9.17) is 14.7 Å². The first kappa shape index (κ1) is 21.5. The van der Waals surface area contributed by atoms with Crippen LogP contribution in [0.2, 0.25) is 0 Å². The molecule has 0 bridgehead atoms. The van der Waals surface area contributed by atoms with Crippen LogP contribution in [0.3, 0.4) is 0 Å². The average molecular weight is 471 g/mol. The van der Waals surface area contributed by atoms with Gasteiger partial charge in [-0.2, -0.15) is 10.1 Å². The Labute approximate surface area is 202 Å². The van der Waals surface area contributed by atoms with Gasteiger partial charge in [0.1, 0.15) is 5.82 Å². The van der Waals surface area contributed by atoms with E-state index in [-0.39, 0.29) is 5.56 Å². The van der Waals surface area contributed by atoms with Crippen molar-refractivity contribution in [3.8, 4) is 11.3 Å². The highest BCUT2D eigenvalue weighted by molar-refractivity contribution is 5.88. The second-order valence-corrected chi connectivity index (χ2v) is 8.99. The first-order chi connectivity index (χ1) is 17.1. The quantitative estimate of drug-likeness (QED) is 0.424. The predicted molar refractivity (Wildman–Crippen MR) is 133 cm³/mol. The lowest BCUT2D eigenvalue weighted by atomic mass is 9.93. The summed E-state index contributed by atoms with van der Waals surface area (Å²) in [7, 11) is 0. The Morgan fingerprint density at radius 3 is 2.54 bits per heavy atom. The number of carboxylic acids is 1. The molecule has 2 aromatic carbocycles. The van der Waals surface area contributed by atoms with Gasteiger partial charge in [-0.05, 0) is 49.6 Å². The molecule has 178 valence electrons. The van der Waals surface area contributed by atoms with Crippen molar-refractivity contribution < 1.29 is 14.6 Å². The van der Waals surface area contributed by atoms with E-state index in [2.05, 4.69) is 38.2 Å². The van der Waals surface area contributed by atoms with E-state index in [0.29, 0.717) is 31.0 Å². The number of carboxylic acid groups (broad SMARTS) is 1. The molecule has 1 saturated heterocycles. The van der Waals surface area contributed by atoms with Gasteiger partial charge in [0.15, 0.2) is 0 Å². The van der Waals surface area contributed by atoms with E-state index in [1.54, 1.807) is 24.3 Å². The van der Waals surface area contributed by atoms with Gasteiger partial charge in [-0.15, -0.1) is 0 Å². The van der Waals surface area contributed by atoms with Gasteiger partial charge in [0, 0.05) is 35.8 Å². The summed E-state index contributed by atoms with van der Waals surface area (Å²) < 4.78 is 7.66. The number of nitrogens with one attached hydrogen (secondary N) is 1. The smallest absolute Gasteiger partial charge is 0.335 e. The lowest BCUT2D eigenvalue weighted by molar-refractivity contribution is 0.0697. The second kappa shape index (κ2) is 8.99. The minimum Gasteiger partial charge on any atom is -0.478 e. The molecule has 2 aromatic heterocycles. The second-order valence-electron chi connectivity index (χ2n) is 8.99. The first-order valence-electron chi connectivity index (χ1n) is 11.9. The molecule has 2 N–H and O–H groups in total. The summed E-state index contributed by atoms with van der Waals surface area (Å²) in [6.07, 6.45) is 5.53. The molecule has 9 nitrogen and oxygen atoms in total. The molecule has 1 saturated carbocycles. The van der Waals surface area contributed by atoms with Crippen LogP contribution in [0.25, 0.3) is 22.2 Å². The van der Waals surface area contributed by atoms with Gasteiger partial charge in [0.25, 0.3) is 0 Å². The van der Waals surface area contributed by atoms with Gasteiger partial charge in [-0.1, -0.05) is 12.1 Å². The zero-order valence-corrected chi connectivity index (χ0v) is 19.2. The van der Waals surface area contributed by atoms with E-state index in [1.165, 1.54) is 19.3 Å². The molecule has 3 heterocycles. The van der Waals surface area contributed by atoms with Crippen molar-refractivity contribution in [2.45, 2.75) is 25.3 Å². The number of anilines is 3. The maximum Gasteiger partial charge on any atom is 0.335 e. The van der Waals surface area contributed by atoms with Crippen LogP contribution in [-0.4, -0.2) is 57.1 Å². The molecule has 4 aromatic rings. The van der Waals surface area contributed by atoms with Gasteiger partial charge < -0.3 is 20.1 Å². The monoisotopic (exact) mass is 470 g/mol. The topological polar surface area (TPSA) is 105 Å². The molecule has 0 atom stereocenters. The minimum atomic E-state index is -0.952. The Balaban J connectivity index is 1.38. The summed E-state index contributed by atoms with van der Waals surface area (Å²) in [5.74, 6) is 0.335. The highest BCUT2D eigenvalue weighted by Gasteiger charge is 2.22. The molecule has 6 rings (SSSR count). The van der Waals surface area contributed by atoms with Crippen LogP contribution in [-0.2, 0) is 4.74 Å². The van der Waals surface area contributed by atoms with E-state index in [1.807, 2.05) is 12.3 Å². The van der Waals surface area contributed by atoms with Crippen LogP contribution in [0.4, 0.5) is 17.5 Å². The maximum absolute atomic E-state index is 11.2.